The van der Waals surface area contributed by atoms with Crippen molar-refractivity contribution in [2.45, 2.75) is 13.5 Å². The van der Waals surface area contributed by atoms with Crippen molar-refractivity contribution >= 4 is 6.29 Å². The van der Waals surface area contributed by atoms with E-state index in [1.54, 1.807) is 19.1 Å². The molecule has 0 amide bonds. The third-order valence-corrected chi connectivity index (χ3v) is 1.81. The molecule has 0 unspecified atom stereocenters. The standard InChI is InChI=1S/C10H9N3O3/c1-7-12-13-10(16-7)6-15-9-3-2-8(5-14)11-4-9/h2-5H,6H2,1H3. The number of aldehydes is 1. The first-order valence-corrected chi connectivity index (χ1v) is 4.61. The van der Waals surface area contributed by atoms with Crippen molar-refractivity contribution in [1.82, 2.24) is 15.2 Å². The molecular formula is C10H9N3O3. The maximum absolute atomic E-state index is 10.4. The number of aromatic nitrogens is 3. The van der Waals surface area contributed by atoms with Gasteiger partial charge in [-0.05, 0) is 12.1 Å². The van der Waals surface area contributed by atoms with E-state index in [9.17, 15) is 4.79 Å². The number of hydrogen-bond donors (Lipinski definition) is 0. The Balaban J connectivity index is 1.96. The molecule has 0 atom stereocenters. The molecule has 0 radical (unpaired) electrons. The van der Waals surface area contributed by atoms with Gasteiger partial charge in [-0.2, -0.15) is 0 Å². The zero-order chi connectivity index (χ0) is 11.4. The van der Waals surface area contributed by atoms with Crippen LogP contribution in [0.25, 0.3) is 0 Å². The van der Waals surface area contributed by atoms with Crippen LogP contribution < -0.4 is 4.74 Å². The maximum Gasteiger partial charge on any atom is 0.253 e. The smallest absolute Gasteiger partial charge is 0.253 e. The van der Waals surface area contributed by atoms with Crippen LogP contribution in [0.4, 0.5) is 0 Å². The average molecular weight is 219 g/mol. The van der Waals surface area contributed by atoms with Gasteiger partial charge < -0.3 is 9.15 Å². The Bertz CT molecular complexity index is 478. The Kier molecular flexibility index (Phi) is 2.90. The largest absolute Gasteiger partial charge is 0.482 e. The zero-order valence-corrected chi connectivity index (χ0v) is 8.58. The van der Waals surface area contributed by atoms with Crippen LogP contribution in [0.2, 0.25) is 0 Å². The van der Waals surface area contributed by atoms with Crippen molar-refractivity contribution in [3.63, 3.8) is 0 Å². The van der Waals surface area contributed by atoms with Crippen molar-refractivity contribution in [3.8, 4) is 5.75 Å². The lowest BCUT2D eigenvalue weighted by atomic mass is 10.4. The summed E-state index contributed by atoms with van der Waals surface area (Å²) in [4.78, 5) is 14.2. The zero-order valence-electron chi connectivity index (χ0n) is 8.58. The minimum Gasteiger partial charge on any atom is -0.482 e. The van der Waals surface area contributed by atoms with E-state index in [0.717, 1.165) is 0 Å². The molecule has 0 aromatic carbocycles. The summed E-state index contributed by atoms with van der Waals surface area (Å²) < 4.78 is 10.5. The van der Waals surface area contributed by atoms with Gasteiger partial charge in [-0.25, -0.2) is 4.98 Å². The Morgan fingerprint density at radius 2 is 2.31 bits per heavy atom. The lowest BCUT2D eigenvalue weighted by Crippen LogP contribution is -1.96. The fourth-order valence-corrected chi connectivity index (χ4v) is 1.09. The molecule has 0 saturated carbocycles. The summed E-state index contributed by atoms with van der Waals surface area (Å²) in [6.07, 6.45) is 2.14. The highest BCUT2D eigenvalue weighted by Crippen LogP contribution is 2.10. The van der Waals surface area contributed by atoms with Gasteiger partial charge in [0.1, 0.15) is 11.4 Å². The molecule has 82 valence electrons. The van der Waals surface area contributed by atoms with Gasteiger partial charge in [0.25, 0.3) is 5.89 Å². The van der Waals surface area contributed by atoms with E-state index in [1.165, 1.54) is 6.20 Å². The molecule has 6 heteroatoms. The molecule has 0 bridgehead atoms. The fourth-order valence-electron chi connectivity index (χ4n) is 1.09. The molecule has 0 aliphatic carbocycles. The van der Waals surface area contributed by atoms with Gasteiger partial charge in [0, 0.05) is 6.92 Å². The minimum atomic E-state index is 0.183. The molecule has 0 aliphatic rings. The van der Waals surface area contributed by atoms with Crippen LogP contribution in [0, 0.1) is 6.92 Å². The number of aryl methyl sites for hydroxylation is 1. The number of nitrogens with zero attached hydrogens (tertiary/aromatic N) is 3. The Hall–Kier alpha value is -2.24. The van der Waals surface area contributed by atoms with Crippen LogP contribution in [0.5, 0.6) is 5.75 Å². The first-order valence-electron chi connectivity index (χ1n) is 4.61. The van der Waals surface area contributed by atoms with Gasteiger partial charge in [-0.15, -0.1) is 10.2 Å². The van der Waals surface area contributed by atoms with E-state index in [4.69, 9.17) is 9.15 Å². The van der Waals surface area contributed by atoms with Crippen molar-refractivity contribution in [1.29, 1.82) is 0 Å². The number of pyridine rings is 1. The highest BCUT2D eigenvalue weighted by molar-refractivity contribution is 5.71. The summed E-state index contributed by atoms with van der Waals surface area (Å²) in [6, 6.07) is 3.22. The lowest BCUT2D eigenvalue weighted by Gasteiger charge is -2.01. The average Bonchev–Trinajstić information content (AvgIpc) is 2.73. The molecule has 2 rings (SSSR count). The molecule has 2 aromatic heterocycles. The Morgan fingerprint density at radius 3 is 2.88 bits per heavy atom. The first kappa shape index (κ1) is 10.3. The van der Waals surface area contributed by atoms with Gasteiger partial charge in [-0.3, -0.25) is 4.79 Å². The highest BCUT2D eigenvalue weighted by atomic mass is 16.5. The molecule has 0 N–H and O–H groups in total. The van der Waals surface area contributed by atoms with Crippen LogP contribution in [0.3, 0.4) is 0 Å². The number of carbonyl (C=O) groups is 1. The molecule has 6 nitrogen and oxygen atoms in total. The second kappa shape index (κ2) is 4.52. The van der Waals surface area contributed by atoms with Crippen LogP contribution in [-0.2, 0) is 6.61 Å². The Morgan fingerprint density at radius 1 is 1.44 bits per heavy atom. The number of hydrogen-bond acceptors (Lipinski definition) is 6. The lowest BCUT2D eigenvalue weighted by molar-refractivity contribution is 0.111. The summed E-state index contributed by atoms with van der Waals surface area (Å²) in [5, 5.41) is 7.44. The third kappa shape index (κ3) is 2.41. The molecule has 0 aliphatic heterocycles. The quantitative estimate of drug-likeness (QED) is 0.718. The summed E-state index contributed by atoms with van der Waals surface area (Å²) >= 11 is 0. The molecule has 2 heterocycles. The van der Waals surface area contributed by atoms with E-state index in [0.29, 0.717) is 29.5 Å². The topological polar surface area (TPSA) is 78.1 Å². The van der Waals surface area contributed by atoms with Gasteiger partial charge in [0.05, 0.1) is 6.20 Å². The first-order chi connectivity index (χ1) is 7.78. The maximum atomic E-state index is 10.4. The van der Waals surface area contributed by atoms with Crippen molar-refractivity contribution in [2.75, 3.05) is 0 Å². The molecular weight excluding hydrogens is 210 g/mol. The Labute approximate surface area is 91.3 Å². The normalized spacial score (nSPS) is 10.1. The summed E-state index contributed by atoms with van der Waals surface area (Å²) in [5.74, 6) is 1.44. The van der Waals surface area contributed by atoms with E-state index >= 15 is 0 Å². The predicted molar refractivity (Wildman–Crippen MR) is 53.0 cm³/mol. The number of carbonyl (C=O) groups excluding carboxylic acids is 1. The molecule has 0 saturated heterocycles. The third-order valence-electron chi connectivity index (χ3n) is 1.81. The second-order valence-corrected chi connectivity index (χ2v) is 3.04. The van der Waals surface area contributed by atoms with Crippen LogP contribution >= 0.6 is 0 Å². The molecule has 16 heavy (non-hydrogen) atoms. The number of rotatable bonds is 4. The van der Waals surface area contributed by atoms with E-state index in [2.05, 4.69) is 15.2 Å². The summed E-state index contributed by atoms with van der Waals surface area (Å²) in [6.45, 7) is 1.89. The van der Waals surface area contributed by atoms with Crippen molar-refractivity contribution in [2.24, 2.45) is 0 Å². The van der Waals surface area contributed by atoms with Crippen LogP contribution in [-0.4, -0.2) is 21.5 Å². The van der Waals surface area contributed by atoms with E-state index in [1.807, 2.05) is 0 Å². The molecule has 0 fully saturated rings. The number of ether oxygens (including phenoxy) is 1. The van der Waals surface area contributed by atoms with Crippen LogP contribution in [0.1, 0.15) is 22.3 Å². The highest BCUT2D eigenvalue weighted by Gasteiger charge is 2.03. The molecule has 0 spiro atoms. The van der Waals surface area contributed by atoms with Crippen molar-refractivity contribution in [3.05, 3.63) is 35.8 Å². The minimum absolute atomic E-state index is 0.183. The molecule has 2 aromatic rings. The van der Waals surface area contributed by atoms with Gasteiger partial charge >= 0.3 is 0 Å². The fraction of sp³-hybridized carbons (Fsp3) is 0.200. The monoisotopic (exact) mass is 219 g/mol. The second-order valence-electron chi connectivity index (χ2n) is 3.04. The van der Waals surface area contributed by atoms with Crippen LogP contribution in [0.15, 0.2) is 22.7 Å². The van der Waals surface area contributed by atoms with Gasteiger partial charge in [0.2, 0.25) is 5.89 Å². The summed E-state index contributed by atoms with van der Waals surface area (Å²) in [5.41, 5.74) is 0.362. The van der Waals surface area contributed by atoms with Gasteiger partial charge in [0.15, 0.2) is 12.9 Å². The predicted octanol–water partition coefficient (Wildman–Crippen LogP) is 1.16. The van der Waals surface area contributed by atoms with E-state index < -0.39 is 0 Å². The van der Waals surface area contributed by atoms with E-state index in [-0.39, 0.29) is 6.61 Å². The SMILES string of the molecule is Cc1nnc(COc2ccc(C=O)nc2)o1. The summed E-state index contributed by atoms with van der Waals surface area (Å²) in [7, 11) is 0. The van der Waals surface area contributed by atoms with Crippen molar-refractivity contribution < 1.29 is 13.9 Å². The van der Waals surface area contributed by atoms with Gasteiger partial charge in [-0.1, -0.05) is 0 Å².